The average Bonchev–Trinajstić information content (AvgIpc) is 3.57. The fourth-order valence-electron chi connectivity index (χ4n) is 4.21. The highest BCUT2D eigenvalue weighted by atomic mass is 32.1. The SMILES string of the molecule is CCC(C)N(CC(=O)N1CCc2sccc2C1COc1ccccc1OC)C(=O)c1ccco1. The van der Waals surface area contributed by atoms with Crippen molar-refractivity contribution < 1.29 is 23.5 Å². The lowest BCUT2D eigenvalue weighted by Crippen LogP contribution is -2.49. The Morgan fingerprint density at radius 1 is 1.21 bits per heavy atom. The van der Waals surface area contributed by atoms with Crippen molar-refractivity contribution in [1.29, 1.82) is 0 Å². The van der Waals surface area contributed by atoms with Crippen molar-refractivity contribution in [3.8, 4) is 11.5 Å². The maximum Gasteiger partial charge on any atom is 0.290 e. The van der Waals surface area contributed by atoms with Gasteiger partial charge in [0.2, 0.25) is 5.91 Å². The number of fused-ring (bicyclic) bond motifs is 1. The Kier molecular flexibility index (Phi) is 7.57. The second-order valence-corrected chi connectivity index (χ2v) is 9.28. The predicted octanol–water partition coefficient (Wildman–Crippen LogP) is 4.80. The Morgan fingerprint density at radius 3 is 2.71 bits per heavy atom. The topological polar surface area (TPSA) is 72.2 Å². The molecular weight excluding hydrogens is 452 g/mol. The molecule has 0 N–H and O–H groups in total. The Bertz CT molecular complexity index is 1110. The Balaban J connectivity index is 1.55. The van der Waals surface area contributed by atoms with E-state index in [1.54, 1.807) is 35.5 Å². The first-order chi connectivity index (χ1) is 16.5. The number of nitrogens with zero attached hydrogens (tertiary/aromatic N) is 2. The van der Waals surface area contributed by atoms with Crippen LogP contribution in [0.15, 0.2) is 58.5 Å². The molecule has 7 nitrogen and oxygen atoms in total. The van der Waals surface area contributed by atoms with E-state index in [1.165, 1.54) is 11.1 Å². The van der Waals surface area contributed by atoms with Crippen LogP contribution < -0.4 is 9.47 Å². The van der Waals surface area contributed by atoms with Gasteiger partial charge in [-0.15, -0.1) is 11.3 Å². The van der Waals surface area contributed by atoms with Crippen LogP contribution in [0, 0.1) is 0 Å². The zero-order valence-corrected chi connectivity index (χ0v) is 20.5. The second-order valence-electron chi connectivity index (χ2n) is 8.28. The minimum Gasteiger partial charge on any atom is -0.493 e. The first-order valence-electron chi connectivity index (χ1n) is 11.5. The van der Waals surface area contributed by atoms with Crippen LogP contribution >= 0.6 is 11.3 Å². The molecule has 0 radical (unpaired) electrons. The molecule has 0 fully saturated rings. The van der Waals surface area contributed by atoms with Gasteiger partial charge in [-0.25, -0.2) is 0 Å². The molecule has 180 valence electrons. The standard InChI is InChI=1S/C26H30N2O5S/c1-4-18(2)28(26(30)23-10-7-14-32-23)16-25(29)27-13-11-24-19(12-15-34-24)20(27)17-33-22-9-6-5-8-21(22)31-3/h5-10,12,14-15,18,20H,4,11,13,16-17H2,1-3H3. The Labute approximate surface area is 203 Å². The van der Waals surface area contributed by atoms with Crippen molar-refractivity contribution in [1.82, 2.24) is 9.80 Å². The summed E-state index contributed by atoms with van der Waals surface area (Å²) in [6, 6.07) is 12.5. The van der Waals surface area contributed by atoms with Crippen molar-refractivity contribution in [2.75, 3.05) is 26.8 Å². The molecule has 3 heterocycles. The largest absolute Gasteiger partial charge is 0.493 e. The van der Waals surface area contributed by atoms with E-state index in [0.717, 1.165) is 18.4 Å². The number of rotatable bonds is 9. The molecule has 34 heavy (non-hydrogen) atoms. The van der Waals surface area contributed by atoms with Gasteiger partial charge in [-0.05, 0) is 61.0 Å². The van der Waals surface area contributed by atoms with Gasteiger partial charge < -0.3 is 23.7 Å². The fourth-order valence-corrected chi connectivity index (χ4v) is 5.14. The van der Waals surface area contributed by atoms with Crippen molar-refractivity contribution in [3.63, 3.8) is 0 Å². The second kappa shape index (κ2) is 10.8. The summed E-state index contributed by atoms with van der Waals surface area (Å²) < 4.78 is 16.9. The number of furan rings is 1. The molecular formula is C26H30N2O5S. The summed E-state index contributed by atoms with van der Waals surface area (Å²) in [6.45, 7) is 4.81. The quantitative estimate of drug-likeness (QED) is 0.438. The normalized spacial score (nSPS) is 16.0. The lowest BCUT2D eigenvalue weighted by molar-refractivity contribution is -0.136. The third-order valence-corrected chi connectivity index (χ3v) is 7.30. The number of benzene rings is 1. The van der Waals surface area contributed by atoms with Gasteiger partial charge in [0.05, 0.1) is 19.4 Å². The molecule has 2 aromatic heterocycles. The van der Waals surface area contributed by atoms with E-state index in [4.69, 9.17) is 13.9 Å². The monoisotopic (exact) mass is 482 g/mol. The van der Waals surface area contributed by atoms with Crippen molar-refractivity contribution in [2.45, 2.75) is 38.8 Å². The van der Waals surface area contributed by atoms with Crippen molar-refractivity contribution >= 4 is 23.2 Å². The molecule has 0 bridgehead atoms. The van der Waals surface area contributed by atoms with E-state index >= 15 is 0 Å². The molecule has 1 aromatic carbocycles. The molecule has 8 heteroatoms. The average molecular weight is 483 g/mol. The minimum absolute atomic E-state index is 0.0147. The first kappa shape index (κ1) is 23.9. The van der Waals surface area contributed by atoms with Gasteiger partial charge in [0, 0.05) is 17.5 Å². The van der Waals surface area contributed by atoms with Gasteiger partial charge in [-0.1, -0.05) is 19.1 Å². The van der Waals surface area contributed by atoms with E-state index in [-0.39, 0.29) is 36.2 Å². The van der Waals surface area contributed by atoms with Crippen LogP contribution in [0.25, 0.3) is 0 Å². The van der Waals surface area contributed by atoms with Crippen LogP contribution in [-0.2, 0) is 11.2 Å². The van der Waals surface area contributed by atoms with Gasteiger partial charge in [-0.3, -0.25) is 9.59 Å². The fraction of sp³-hybridized carbons (Fsp3) is 0.385. The predicted molar refractivity (Wildman–Crippen MR) is 130 cm³/mol. The Hall–Kier alpha value is -3.26. The van der Waals surface area contributed by atoms with Crippen molar-refractivity contribution in [3.05, 3.63) is 70.3 Å². The summed E-state index contributed by atoms with van der Waals surface area (Å²) in [5, 5.41) is 2.06. The highest BCUT2D eigenvalue weighted by Crippen LogP contribution is 2.35. The molecule has 2 unspecified atom stereocenters. The molecule has 0 spiro atoms. The summed E-state index contributed by atoms with van der Waals surface area (Å²) in [5.41, 5.74) is 1.10. The number of hydrogen-bond donors (Lipinski definition) is 0. The van der Waals surface area contributed by atoms with Gasteiger partial charge in [0.25, 0.3) is 5.91 Å². The summed E-state index contributed by atoms with van der Waals surface area (Å²) in [6.07, 6.45) is 2.99. The van der Waals surface area contributed by atoms with Gasteiger partial charge >= 0.3 is 0 Å². The van der Waals surface area contributed by atoms with E-state index in [2.05, 4.69) is 11.4 Å². The molecule has 1 aliphatic rings. The minimum atomic E-state index is -0.275. The molecule has 0 saturated carbocycles. The van der Waals surface area contributed by atoms with Gasteiger partial charge in [-0.2, -0.15) is 0 Å². The summed E-state index contributed by atoms with van der Waals surface area (Å²) in [5.74, 6) is 1.14. The summed E-state index contributed by atoms with van der Waals surface area (Å²) >= 11 is 1.70. The molecule has 2 amide bonds. The lowest BCUT2D eigenvalue weighted by Gasteiger charge is -2.38. The number of thiophene rings is 1. The lowest BCUT2D eigenvalue weighted by atomic mass is 10.00. The van der Waals surface area contributed by atoms with E-state index < -0.39 is 0 Å². The van der Waals surface area contributed by atoms with Gasteiger partial charge in [0.15, 0.2) is 17.3 Å². The smallest absolute Gasteiger partial charge is 0.290 e. The number of methoxy groups -OCH3 is 1. The van der Waals surface area contributed by atoms with Crippen LogP contribution in [0.5, 0.6) is 11.5 Å². The Morgan fingerprint density at radius 2 is 2.00 bits per heavy atom. The van der Waals surface area contributed by atoms with Crippen LogP contribution in [0.3, 0.4) is 0 Å². The maximum absolute atomic E-state index is 13.6. The number of carbonyl (C=O) groups is 2. The van der Waals surface area contributed by atoms with Gasteiger partial charge in [0.1, 0.15) is 13.2 Å². The third kappa shape index (κ3) is 4.97. The number of amides is 2. The molecule has 1 aliphatic heterocycles. The summed E-state index contributed by atoms with van der Waals surface area (Å²) in [7, 11) is 1.61. The van der Waals surface area contributed by atoms with Crippen LogP contribution in [0.1, 0.15) is 47.3 Å². The molecule has 0 saturated heterocycles. The molecule has 2 atom stereocenters. The zero-order chi connectivity index (χ0) is 24.1. The molecule has 0 aliphatic carbocycles. The molecule has 3 aromatic rings. The van der Waals surface area contributed by atoms with Crippen LogP contribution in [0.2, 0.25) is 0 Å². The number of ether oxygens (including phenoxy) is 2. The van der Waals surface area contributed by atoms with E-state index in [0.29, 0.717) is 24.7 Å². The van der Waals surface area contributed by atoms with E-state index in [9.17, 15) is 9.59 Å². The van der Waals surface area contributed by atoms with Crippen molar-refractivity contribution in [2.24, 2.45) is 0 Å². The zero-order valence-electron chi connectivity index (χ0n) is 19.7. The number of carbonyl (C=O) groups excluding carboxylic acids is 2. The third-order valence-electron chi connectivity index (χ3n) is 6.30. The number of para-hydroxylation sites is 2. The highest BCUT2D eigenvalue weighted by molar-refractivity contribution is 7.10. The van der Waals surface area contributed by atoms with E-state index in [1.807, 2.05) is 43.0 Å². The molecule has 4 rings (SSSR count). The van der Waals surface area contributed by atoms with Crippen LogP contribution in [0.4, 0.5) is 0 Å². The number of hydrogen-bond acceptors (Lipinski definition) is 6. The summed E-state index contributed by atoms with van der Waals surface area (Å²) in [4.78, 5) is 31.4. The highest BCUT2D eigenvalue weighted by Gasteiger charge is 2.35. The first-order valence-corrected chi connectivity index (χ1v) is 12.4. The van der Waals surface area contributed by atoms with Crippen LogP contribution in [-0.4, -0.2) is 54.5 Å². The maximum atomic E-state index is 13.6.